The highest BCUT2D eigenvalue weighted by molar-refractivity contribution is 7.10. The van der Waals surface area contributed by atoms with Gasteiger partial charge in [-0.3, -0.25) is 4.90 Å². The Labute approximate surface area is 156 Å². The van der Waals surface area contributed by atoms with Gasteiger partial charge in [0.25, 0.3) is 0 Å². The third-order valence-electron chi connectivity index (χ3n) is 5.13. The maximum absolute atomic E-state index is 10.5. The van der Waals surface area contributed by atoms with E-state index in [-0.39, 0.29) is 5.96 Å². The topological polar surface area (TPSA) is 100 Å². The van der Waals surface area contributed by atoms with Crippen molar-refractivity contribution in [2.24, 2.45) is 21.5 Å². The molecule has 2 aromatic rings. The largest absolute Gasteiger partial charge is 0.383 e. The first-order valence-electron chi connectivity index (χ1n) is 8.90. The fourth-order valence-electron chi connectivity index (χ4n) is 3.91. The average molecular weight is 369 g/mol. The molecule has 1 fully saturated rings. The number of guanidine groups is 2. The highest BCUT2D eigenvalue weighted by Gasteiger charge is 2.42. The zero-order valence-corrected chi connectivity index (χ0v) is 15.3. The summed E-state index contributed by atoms with van der Waals surface area (Å²) in [5, 5.41) is 12.5. The summed E-state index contributed by atoms with van der Waals surface area (Å²) in [4.78, 5) is 11.8. The number of aliphatic imine (C=N–C) groups is 2. The summed E-state index contributed by atoms with van der Waals surface area (Å²) in [6, 6.07) is 11.7. The maximum Gasteiger partial charge on any atom is 0.220 e. The van der Waals surface area contributed by atoms with Crippen molar-refractivity contribution in [3.05, 3.63) is 52.2 Å². The fourth-order valence-corrected chi connectivity index (χ4v) is 4.65. The van der Waals surface area contributed by atoms with Gasteiger partial charge in [0.05, 0.1) is 0 Å². The summed E-state index contributed by atoms with van der Waals surface area (Å²) in [6.07, 6.45) is 4.58. The van der Waals surface area contributed by atoms with Gasteiger partial charge in [0.2, 0.25) is 11.9 Å². The number of hydrogen-bond donors (Lipinski definition) is 3. The molecule has 2 aliphatic rings. The van der Waals surface area contributed by atoms with Gasteiger partial charge in [-0.15, -0.1) is 11.3 Å². The molecule has 1 aromatic heterocycles. The van der Waals surface area contributed by atoms with Gasteiger partial charge in [-0.1, -0.05) is 24.6 Å². The molecule has 1 atom stereocenters. The van der Waals surface area contributed by atoms with E-state index in [4.69, 9.17) is 11.5 Å². The highest BCUT2D eigenvalue weighted by Crippen LogP contribution is 2.39. The normalized spacial score (nSPS) is 20.6. The number of aliphatic hydroxyl groups excluding tert-OH is 1. The van der Waals surface area contributed by atoms with E-state index in [1.807, 2.05) is 46.7 Å². The number of nitrogens with two attached hydrogens (primary N) is 2. The van der Waals surface area contributed by atoms with Gasteiger partial charge < -0.3 is 16.6 Å². The van der Waals surface area contributed by atoms with Crippen LogP contribution < -0.4 is 16.4 Å². The van der Waals surface area contributed by atoms with Crippen LogP contribution in [0, 0.1) is 0 Å². The Kier molecular flexibility index (Phi) is 4.42. The molecule has 2 heterocycles. The molecular weight excluding hydrogens is 346 g/mol. The smallest absolute Gasteiger partial charge is 0.220 e. The molecule has 1 aromatic carbocycles. The van der Waals surface area contributed by atoms with Gasteiger partial charge in [-0.05, 0) is 54.8 Å². The van der Waals surface area contributed by atoms with Crippen molar-refractivity contribution in [1.82, 2.24) is 0 Å². The van der Waals surface area contributed by atoms with Crippen LogP contribution in [-0.4, -0.2) is 22.7 Å². The first-order chi connectivity index (χ1) is 12.6. The van der Waals surface area contributed by atoms with E-state index in [2.05, 4.69) is 9.98 Å². The number of benzene rings is 1. The molecule has 1 aliphatic heterocycles. The van der Waals surface area contributed by atoms with E-state index in [9.17, 15) is 5.11 Å². The molecule has 136 valence electrons. The molecular formula is C19H23N5OS. The predicted octanol–water partition coefficient (Wildman–Crippen LogP) is 2.94. The van der Waals surface area contributed by atoms with Gasteiger partial charge in [-0.2, -0.15) is 4.99 Å². The van der Waals surface area contributed by atoms with Crippen LogP contribution in [0.1, 0.15) is 48.6 Å². The van der Waals surface area contributed by atoms with Gasteiger partial charge in [0, 0.05) is 10.6 Å². The molecule has 6 nitrogen and oxygen atoms in total. The lowest BCUT2D eigenvalue weighted by Gasteiger charge is -2.45. The van der Waals surface area contributed by atoms with E-state index in [1.165, 1.54) is 6.42 Å². The zero-order valence-electron chi connectivity index (χ0n) is 14.5. The second kappa shape index (κ2) is 6.74. The van der Waals surface area contributed by atoms with Crippen molar-refractivity contribution in [1.29, 1.82) is 0 Å². The second-order valence-electron chi connectivity index (χ2n) is 6.83. The Morgan fingerprint density at radius 1 is 1.08 bits per heavy atom. The van der Waals surface area contributed by atoms with Crippen molar-refractivity contribution in [2.45, 2.75) is 43.9 Å². The number of aliphatic hydroxyl groups is 1. The summed E-state index contributed by atoms with van der Waals surface area (Å²) >= 11 is 1.55. The SMILES string of the molecule is NC1=NC2(CCCCC2)N(c2ccc(C(O)c3cccs3)cc2)C(N)=N1. The lowest BCUT2D eigenvalue weighted by atomic mass is 9.87. The molecule has 1 aliphatic carbocycles. The van der Waals surface area contributed by atoms with Crippen LogP contribution in [-0.2, 0) is 0 Å². The van der Waals surface area contributed by atoms with E-state index in [0.29, 0.717) is 5.96 Å². The number of hydrogen-bond acceptors (Lipinski definition) is 7. The van der Waals surface area contributed by atoms with E-state index in [1.54, 1.807) is 11.3 Å². The van der Waals surface area contributed by atoms with E-state index in [0.717, 1.165) is 41.8 Å². The molecule has 1 unspecified atom stereocenters. The number of anilines is 1. The Bertz CT molecular complexity index is 822. The van der Waals surface area contributed by atoms with Crippen molar-refractivity contribution >= 4 is 28.9 Å². The molecule has 5 N–H and O–H groups in total. The second-order valence-corrected chi connectivity index (χ2v) is 7.81. The van der Waals surface area contributed by atoms with Crippen molar-refractivity contribution < 1.29 is 5.11 Å². The number of thiophene rings is 1. The molecule has 26 heavy (non-hydrogen) atoms. The minimum atomic E-state index is -0.617. The standard InChI is InChI=1S/C19H23N5OS/c20-17-22-18(21)24(19(23-17)10-2-1-3-11-19)14-8-6-13(7-9-14)16(25)15-5-4-12-26-15/h4-9,12,16,25H,1-3,10-11H2,(H4,20,21,22,23). The Balaban J connectivity index is 1.66. The summed E-state index contributed by atoms with van der Waals surface area (Å²) in [6.45, 7) is 0. The van der Waals surface area contributed by atoms with Crippen LogP contribution in [0.15, 0.2) is 51.8 Å². The molecule has 1 spiro atoms. The van der Waals surface area contributed by atoms with Crippen LogP contribution in [0.5, 0.6) is 0 Å². The van der Waals surface area contributed by atoms with Crippen molar-refractivity contribution in [2.75, 3.05) is 4.90 Å². The maximum atomic E-state index is 10.5. The monoisotopic (exact) mass is 369 g/mol. The Morgan fingerprint density at radius 3 is 2.46 bits per heavy atom. The average Bonchev–Trinajstić information content (AvgIpc) is 3.16. The van der Waals surface area contributed by atoms with Crippen LogP contribution in [0.25, 0.3) is 0 Å². The molecule has 1 saturated carbocycles. The van der Waals surface area contributed by atoms with Crippen molar-refractivity contribution in [3.8, 4) is 0 Å². The summed E-state index contributed by atoms with van der Waals surface area (Å²) in [5.41, 5.74) is 13.5. The quantitative estimate of drug-likeness (QED) is 0.774. The molecule has 0 radical (unpaired) electrons. The van der Waals surface area contributed by atoms with Crippen LogP contribution in [0.3, 0.4) is 0 Å². The molecule has 4 rings (SSSR count). The molecule has 7 heteroatoms. The Morgan fingerprint density at radius 2 is 1.81 bits per heavy atom. The van der Waals surface area contributed by atoms with Crippen LogP contribution >= 0.6 is 11.3 Å². The first-order valence-corrected chi connectivity index (χ1v) is 9.78. The third-order valence-corrected chi connectivity index (χ3v) is 6.06. The Hall–Kier alpha value is -2.38. The highest BCUT2D eigenvalue weighted by atomic mass is 32.1. The molecule has 0 saturated heterocycles. The minimum Gasteiger partial charge on any atom is -0.383 e. The molecule has 0 amide bonds. The number of nitrogens with zero attached hydrogens (tertiary/aromatic N) is 3. The van der Waals surface area contributed by atoms with Gasteiger partial charge in [-0.25, -0.2) is 4.99 Å². The van der Waals surface area contributed by atoms with Crippen LogP contribution in [0.2, 0.25) is 0 Å². The minimum absolute atomic E-state index is 0.255. The van der Waals surface area contributed by atoms with Gasteiger partial charge in [0.1, 0.15) is 11.8 Å². The third kappa shape index (κ3) is 2.97. The zero-order chi connectivity index (χ0) is 18.1. The number of rotatable bonds is 3. The van der Waals surface area contributed by atoms with E-state index < -0.39 is 11.8 Å². The lowest BCUT2D eigenvalue weighted by molar-refractivity contribution is 0.224. The molecule has 0 bridgehead atoms. The fraction of sp³-hybridized carbons (Fsp3) is 0.368. The van der Waals surface area contributed by atoms with Gasteiger partial charge >= 0.3 is 0 Å². The summed E-state index contributed by atoms with van der Waals surface area (Å²) in [5.74, 6) is 0.636. The predicted molar refractivity (Wildman–Crippen MR) is 106 cm³/mol. The first kappa shape index (κ1) is 17.1. The van der Waals surface area contributed by atoms with Gasteiger partial charge in [0.15, 0.2) is 0 Å². The van der Waals surface area contributed by atoms with Crippen molar-refractivity contribution in [3.63, 3.8) is 0 Å². The van der Waals surface area contributed by atoms with E-state index >= 15 is 0 Å². The summed E-state index contributed by atoms with van der Waals surface area (Å²) < 4.78 is 0. The lowest BCUT2D eigenvalue weighted by Crippen LogP contribution is -2.58. The summed E-state index contributed by atoms with van der Waals surface area (Å²) in [7, 11) is 0. The van der Waals surface area contributed by atoms with Crippen LogP contribution in [0.4, 0.5) is 5.69 Å².